The summed E-state index contributed by atoms with van der Waals surface area (Å²) >= 11 is 0. The fourth-order valence-corrected chi connectivity index (χ4v) is 4.35. The van der Waals surface area contributed by atoms with Crippen LogP contribution in [0.3, 0.4) is 0 Å². The van der Waals surface area contributed by atoms with E-state index < -0.39 is 0 Å². The van der Waals surface area contributed by atoms with Gasteiger partial charge in [0.05, 0.1) is 17.1 Å². The predicted octanol–water partition coefficient (Wildman–Crippen LogP) is 3.14. The standard InChI is InChI=1S/C19H23N3O2/c1-22-18-13(12-6-3-2-4-7-12)8-5-9-14(18)17(21-22)15-10-11-16(23)20-19(15)24/h5,8-9,12,15H,2-4,6-7,10-11H2,1H3,(H,20,23,24). The van der Waals surface area contributed by atoms with Gasteiger partial charge in [0.25, 0.3) is 0 Å². The molecular weight excluding hydrogens is 302 g/mol. The smallest absolute Gasteiger partial charge is 0.235 e. The zero-order valence-electron chi connectivity index (χ0n) is 14.0. The number of carbonyl (C=O) groups is 2. The number of aromatic nitrogens is 2. The summed E-state index contributed by atoms with van der Waals surface area (Å²) in [5.41, 5.74) is 3.33. The molecule has 1 aromatic carbocycles. The molecule has 2 amide bonds. The van der Waals surface area contributed by atoms with Crippen molar-refractivity contribution in [3.63, 3.8) is 0 Å². The van der Waals surface area contributed by atoms with E-state index in [0.717, 1.165) is 16.6 Å². The first-order chi connectivity index (χ1) is 11.6. The Labute approximate surface area is 141 Å². The number of aryl methyl sites for hydroxylation is 1. The average molecular weight is 325 g/mol. The van der Waals surface area contributed by atoms with Gasteiger partial charge in [-0.3, -0.25) is 19.6 Å². The van der Waals surface area contributed by atoms with Crippen LogP contribution in [-0.2, 0) is 16.6 Å². The third-order valence-corrected chi connectivity index (χ3v) is 5.54. The zero-order chi connectivity index (χ0) is 16.7. The highest BCUT2D eigenvalue weighted by atomic mass is 16.2. The molecule has 1 N–H and O–H groups in total. The first-order valence-electron chi connectivity index (χ1n) is 8.94. The third kappa shape index (κ3) is 2.52. The molecule has 1 saturated carbocycles. The number of para-hydroxylation sites is 1. The topological polar surface area (TPSA) is 64.0 Å². The molecule has 2 heterocycles. The van der Waals surface area contributed by atoms with Gasteiger partial charge in [0, 0.05) is 18.9 Å². The molecule has 1 aromatic heterocycles. The SMILES string of the molecule is Cn1nc(C2CCC(=O)NC2=O)c2cccc(C3CCCCC3)c21. The van der Waals surface area contributed by atoms with Gasteiger partial charge in [-0.15, -0.1) is 0 Å². The highest BCUT2D eigenvalue weighted by Crippen LogP contribution is 2.38. The lowest BCUT2D eigenvalue weighted by atomic mass is 9.83. The molecule has 2 fully saturated rings. The first kappa shape index (κ1) is 15.4. The number of nitrogens with one attached hydrogen (secondary N) is 1. The van der Waals surface area contributed by atoms with Gasteiger partial charge in [-0.1, -0.05) is 37.5 Å². The molecule has 1 unspecified atom stereocenters. The molecule has 1 atom stereocenters. The Morgan fingerprint density at radius 3 is 2.67 bits per heavy atom. The molecule has 1 aliphatic carbocycles. The number of imide groups is 1. The van der Waals surface area contributed by atoms with E-state index in [1.165, 1.54) is 37.7 Å². The lowest BCUT2D eigenvalue weighted by Crippen LogP contribution is -2.39. The van der Waals surface area contributed by atoms with Crippen molar-refractivity contribution < 1.29 is 9.59 Å². The third-order valence-electron chi connectivity index (χ3n) is 5.54. The second kappa shape index (κ2) is 6.04. The number of piperidine rings is 1. The number of benzene rings is 1. The molecule has 4 rings (SSSR count). The van der Waals surface area contributed by atoms with Crippen molar-refractivity contribution in [2.45, 2.75) is 56.8 Å². The van der Waals surface area contributed by atoms with Crippen LogP contribution >= 0.6 is 0 Å². The Kier molecular flexibility index (Phi) is 3.87. The van der Waals surface area contributed by atoms with Crippen molar-refractivity contribution in [1.82, 2.24) is 15.1 Å². The van der Waals surface area contributed by atoms with Gasteiger partial charge < -0.3 is 0 Å². The minimum absolute atomic E-state index is 0.181. The van der Waals surface area contributed by atoms with Gasteiger partial charge in [-0.25, -0.2) is 0 Å². The first-order valence-corrected chi connectivity index (χ1v) is 8.94. The number of hydrogen-bond acceptors (Lipinski definition) is 3. The van der Waals surface area contributed by atoms with Crippen LogP contribution in [0.2, 0.25) is 0 Å². The molecule has 0 spiro atoms. The van der Waals surface area contributed by atoms with Crippen molar-refractivity contribution in [1.29, 1.82) is 0 Å². The normalized spacial score (nSPS) is 22.8. The van der Waals surface area contributed by atoms with Gasteiger partial charge in [0.1, 0.15) is 0 Å². The number of fused-ring (bicyclic) bond motifs is 1. The molecule has 1 aliphatic heterocycles. The maximum absolute atomic E-state index is 12.3. The Balaban J connectivity index is 1.78. The zero-order valence-corrected chi connectivity index (χ0v) is 14.0. The fourth-order valence-electron chi connectivity index (χ4n) is 4.35. The summed E-state index contributed by atoms with van der Waals surface area (Å²) in [6, 6.07) is 6.37. The van der Waals surface area contributed by atoms with Crippen molar-refractivity contribution >= 4 is 22.7 Å². The maximum atomic E-state index is 12.3. The van der Waals surface area contributed by atoms with Gasteiger partial charge >= 0.3 is 0 Å². The summed E-state index contributed by atoms with van der Waals surface area (Å²) in [7, 11) is 1.96. The molecule has 24 heavy (non-hydrogen) atoms. The summed E-state index contributed by atoms with van der Waals surface area (Å²) in [6.07, 6.45) is 7.31. The average Bonchev–Trinajstić information content (AvgIpc) is 2.93. The molecule has 2 aromatic rings. The number of hydrogen-bond donors (Lipinski definition) is 1. The van der Waals surface area contributed by atoms with E-state index in [1.807, 2.05) is 11.7 Å². The summed E-state index contributed by atoms with van der Waals surface area (Å²) in [6.45, 7) is 0. The number of carbonyl (C=O) groups excluding carboxylic acids is 2. The number of nitrogens with zero attached hydrogens (tertiary/aromatic N) is 2. The van der Waals surface area contributed by atoms with Crippen LogP contribution in [0.1, 0.15) is 68.0 Å². The van der Waals surface area contributed by atoms with E-state index in [1.54, 1.807) is 0 Å². The molecule has 5 nitrogen and oxygen atoms in total. The number of rotatable bonds is 2. The second-order valence-electron chi connectivity index (χ2n) is 7.09. The minimum atomic E-state index is -0.326. The van der Waals surface area contributed by atoms with Crippen LogP contribution < -0.4 is 5.32 Å². The molecule has 5 heteroatoms. The van der Waals surface area contributed by atoms with Crippen LogP contribution in [0.5, 0.6) is 0 Å². The lowest BCUT2D eigenvalue weighted by Gasteiger charge is -2.23. The van der Waals surface area contributed by atoms with Crippen LogP contribution in [0.4, 0.5) is 0 Å². The van der Waals surface area contributed by atoms with Crippen LogP contribution in [0.25, 0.3) is 10.9 Å². The van der Waals surface area contributed by atoms with Gasteiger partial charge in [-0.2, -0.15) is 5.10 Å². The van der Waals surface area contributed by atoms with E-state index in [9.17, 15) is 9.59 Å². The van der Waals surface area contributed by atoms with Crippen molar-refractivity contribution in [3.05, 3.63) is 29.5 Å². The summed E-state index contributed by atoms with van der Waals surface area (Å²) in [5, 5.41) is 8.21. The Morgan fingerprint density at radius 2 is 1.92 bits per heavy atom. The Morgan fingerprint density at radius 1 is 1.12 bits per heavy atom. The largest absolute Gasteiger partial charge is 0.296 e. The Hall–Kier alpha value is -2.17. The summed E-state index contributed by atoms with van der Waals surface area (Å²) in [4.78, 5) is 23.7. The van der Waals surface area contributed by atoms with E-state index in [4.69, 9.17) is 0 Å². The Bertz CT molecular complexity index is 802. The monoisotopic (exact) mass is 325 g/mol. The van der Waals surface area contributed by atoms with E-state index in [-0.39, 0.29) is 17.7 Å². The second-order valence-corrected chi connectivity index (χ2v) is 7.09. The van der Waals surface area contributed by atoms with Crippen molar-refractivity contribution in [2.24, 2.45) is 7.05 Å². The van der Waals surface area contributed by atoms with E-state index >= 15 is 0 Å². The van der Waals surface area contributed by atoms with Gasteiger partial charge in [0.15, 0.2) is 0 Å². The lowest BCUT2D eigenvalue weighted by molar-refractivity contribution is -0.134. The fraction of sp³-hybridized carbons (Fsp3) is 0.526. The maximum Gasteiger partial charge on any atom is 0.235 e. The summed E-state index contributed by atoms with van der Waals surface area (Å²) < 4.78 is 1.93. The van der Waals surface area contributed by atoms with Crippen molar-refractivity contribution in [3.8, 4) is 0 Å². The van der Waals surface area contributed by atoms with Crippen molar-refractivity contribution in [2.75, 3.05) is 0 Å². The molecule has 126 valence electrons. The molecule has 1 saturated heterocycles. The molecule has 0 radical (unpaired) electrons. The van der Waals surface area contributed by atoms with E-state index in [2.05, 4.69) is 28.6 Å². The molecule has 0 bridgehead atoms. The van der Waals surface area contributed by atoms with Crippen LogP contribution in [-0.4, -0.2) is 21.6 Å². The van der Waals surface area contributed by atoms with Gasteiger partial charge in [-0.05, 0) is 30.7 Å². The number of amides is 2. The van der Waals surface area contributed by atoms with E-state index in [0.29, 0.717) is 18.8 Å². The predicted molar refractivity (Wildman–Crippen MR) is 91.7 cm³/mol. The highest BCUT2D eigenvalue weighted by Gasteiger charge is 2.32. The highest BCUT2D eigenvalue weighted by molar-refractivity contribution is 6.02. The minimum Gasteiger partial charge on any atom is -0.296 e. The summed E-state index contributed by atoms with van der Waals surface area (Å²) in [5.74, 6) is -0.130. The molecular formula is C19H23N3O2. The van der Waals surface area contributed by atoms with Crippen LogP contribution in [0.15, 0.2) is 18.2 Å². The quantitative estimate of drug-likeness (QED) is 0.863. The van der Waals surface area contributed by atoms with Crippen LogP contribution in [0, 0.1) is 0 Å². The van der Waals surface area contributed by atoms with Gasteiger partial charge in [0.2, 0.25) is 11.8 Å². The molecule has 2 aliphatic rings.